The summed E-state index contributed by atoms with van der Waals surface area (Å²) >= 11 is 0. The van der Waals surface area contributed by atoms with Crippen molar-refractivity contribution in [1.29, 1.82) is 0 Å². The van der Waals surface area contributed by atoms with Crippen LogP contribution in [0.5, 0.6) is 0 Å². The molecule has 0 aliphatic heterocycles. The number of rotatable bonds is 6. The summed E-state index contributed by atoms with van der Waals surface area (Å²) in [5.74, 6) is 0. The Kier molecular flexibility index (Phi) is 7.18. The van der Waals surface area contributed by atoms with Gasteiger partial charge in [0.15, 0.2) is 0 Å². The number of fused-ring (bicyclic) bond motifs is 5. The van der Waals surface area contributed by atoms with Crippen LogP contribution in [0, 0.1) is 0 Å². The highest BCUT2D eigenvalue weighted by Gasteiger charge is 2.23. The molecule has 0 radical (unpaired) electrons. The number of anilines is 3. The SMILES string of the molecule is c1ccc(-c2ccc(N(c3cccc(-c4ccc5ccccc5c4)c3)c3ccc4oc5ccccc5c4c3-c3ccc4ccccc4c3)cc2)cc1. The highest BCUT2D eigenvalue weighted by atomic mass is 16.3. The third-order valence-corrected chi connectivity index (χ3v) is 10.2. The molecule has 2 nitrogen and oxygen atoms in total. The highest BCUT2D eigenvalue weighted by molar-refractivity contribution is 6.17. The van der Waals surface area contributed by atoms with E-state index in [1.54, 1.807) is 0 Å². The molecule has 10 aromatic rings. The van der Waals surface area contributed by atoms with Gasteiger partial charge < -0.3 is 9.32 Å². The van der Waals surface area contributed by atoms with Gasteiger partial charge in [-0.15, -0.1) is 0 Å². The van der Waals surface area contributed by atoms with Gasteiger partial charge in [0.05, 0.1) is 5.69 Å². The van der Waals surface area contributed by atoms with Gasteiger partial charge in [-0.1, -0.05) is 146 Å². The molecule has 0 fully saturated rings. The van der Waals surface area contributed by atoms with Crippen LogP contribution in [0.25, 0.3) is 76.9 Å². The first-order chi connectivity index (χ1) is 25.8. The zero-order valence-electron chi connectivity index (χ0n) is 28.4. The van der Waals surface area contributed by atoms with Gasteiger partial charge in [-0.3, -0.25) is 0 Å². The van der Waals surface area contributed by atoms with Crippen molar-refractivity contribution in [3.63, 3.8) is 0 Å². The minimum atomic E-state index is 0.873. The lowest BCUT2D eigenvalue weighted by Crippen LogP contribution is -2.11. The maximum absolute atomic E-state index is 6.51. The molecule has 0 aliphatic rings. The van der Waals surface area contributed by atoms with E-state index in [9.17, 15) is 0 Å². The first-order valence-corrected chi connectivity index (χ1v) is 17.8. The average Bonchev–Trinajstić information content (AvgIpc) is 3.60. The third kappa shape index (κ3) is 5.21. The van der Waals surface area contributed by atoms with Crippen molar-refractivity contribution in [2.24, 2.45) is 0 Å². The molecule has 0 bridgehead atoms. The summed E-state index contributed by atoms with van der Waals surface area (Å²) in [5.41, 5.74) is 12.0. The number of furan rings is 1. The van der Waals surface area contributed by atoms with E-state index in [1.807, 2.05) is 6.07 Å². The van der Waals surface area contributed by atoms with Gasteiger partial charge in [0.25, 0.3) is 0 Å². The van der Waals surface area contributed by atoms with Crippen molar-refractivity contribution in [3.8, 4) is 33.4 Å². The van der Waals surface area contributed by atoms with E-state index in [1.165, 1.54) is 38.2 Å². The Balaban J connectivity index is 1.23. The molecule has 0 spiro atoms. The number of hydrogen-bond donors (Lipinski definition) is 0. The molecule has 52 heavy (non-hydrogen) atoms. The Hall–Kier alpha value is -6.90. The van der Waals surface area contributed by atoms with Gasteiger partial charge in [-0.25, -0.2) is 0 Å². The minimum absolute atomic E-state index is 0.873. The van der Waals surface area contributed by atoms with E-state index in [-0.39, 0.29) is 0 Å². The third-order valence-electron chi connectivity index (χ3n) is 10.2. The predicted molar refractivity (Wildman–Crippen MR) is 220 cm³/mol. The molecule has 0 saturated carbocycles. The van der Waals surface area contributed by atoms with Gasteiger partial charge in [-0.05, 0) is 104 Å². The Morgan fingerprint density at radius 1 is 0.327 bits per heavy atom. The van der Waals surface area contributed by atoms with Crippen molar-refractivity contribution < 1.29 is 4.42 Å². The van der Waals surface area contributed by atoms with Gasteiger partial charge >= 0.3 is 0 Å². The predicted octanol–water partition coefficient (Wildman–Crippen LogP) is 14.4. The summed E-state index contributed by atoms with van der Waals surface area (Å²) in [6.07, 6.45) is 0. The molecule has 10 rings (SSSR count). The lowest BCUT2D eigenvalue weighted by atomic mass is 9.94. The highest BCUT2D eigenvalue weighted by Crippen LogP contribution is 2.48. The van der Waals surface area contributed by atoms with Crippen LogP contribution in [-0.4, -0.2) is 0 Å². The van der Waals surface area contributed by atoms with Crippen LogP contribution in [0.1, 0.15) is 0 Å². The molecule has 9 aromatic carbocycles. The van der Waals surface area contributed by atoms with Crippen molar-refractivity contribution in [3.05, 3.63) is 200 Å². The van der Waals surface area contributed by atoms with Crippen LogP contribution in [0.15, 0.2) is 205 Å². The smallest absolute Gasteiger partial charge is 0.136 e. The molecule has 0 atom stereocenters. The van der Waals surface area contributed by atoms with E-state index in [4.69, 9.17) is 4.42 Å². The van der Waals surface area contributed by atoms with Gasteiger partial charge in [-0.2, -0.15) is 0 Å². The number of nitrogens with zero attached hydrogens (tertiary/aromatic N) is 1. The van der Waals surface area contributed by atoms with E-state index < -0.39 is 0 Å². The summed E-state index contributed by atoms with van der Waals surface area (Å²) in [7, 11) is 0. The second-order valence-electron chi connectivity index (χ2n) is 13.4. The molecule has 2 heteroatoms. The van der Waals surface area contributed by atoms with E-state index >= 15 is 0 Å². The van der Waals surface area contributed by atoms with Crippen molar-refractivity contribution in [1.82, 2.24) is 0 Å². The minimum Gasteiger partial charge on any atom is -0.456 e. The fourth-order valence-electron chi connectivity index (χ4n) is 7.68. The fraction of sp³-hybridized carbons (Fsp3) is 0. The van der Waals surface area contributed by atoms with Crippen molar-refractivity contribution in [2.45, 2.75) is 0 Å². The monoisotopic (exact) mass is 663 g/mol. The largest absolute Gasteiger partial charge is 0.456 e. The van der Waals surface area contributed by atoms with Crippen LogP contribution < -0.4 is 4.90 Å². The Morgan fingerprint density at radius 3 is 1.67 bits per heavy atom. The number of hydrogen-bond acceptors (Lipinski definition) is 2. The van der Waals surface area contributed by atoms with Crippen LogP contribution in [0.4, 0.5) is 17.1 Å². The van der Waals surface area contributed by atoms with E-state index in [0.717, 1.165) is 55.7 Å². The first kappa shape index (κ1) is 30.0. The molecular weight excluding hydrogens is 631 g/mol. The maximum atomic E-state index is 6.51. The van der Waals surface area contributed by atoms with Crippen molar-refractivity contribution in [2.75, 3.05) is 4.90 Å². The van der Waals surface area contributed by atoms with E-state index in [0.29, 0.717) is 0 Å². The molecule has 0 N–H and O–H groups in total. The molecule has 1 heterocycles. The summed E-state index contributed by atoms with van der Waals surface area (Å²) < 4.78 is 6.51. The lowest BCUT2D eigenvalue weighted by Gasteiger charge is -2.29. The zero-order valence-corrected chi connectivity index (χ0v) is 28.4. The van der Waals surface area contributed by atoms with Crippen LogP contribution in [0.3, 0.4) is 0 Å². The number of benzene rings is 9. The summed E-state index contributed by atoms with van der Waals surface area (Å²) in [4.78, 5) is 2.41. The summed E-state index contributed by atoms with van der Waals surface area (Å²) in [5, 5.41) is 7.10. The van der Waals surface area contributed by atoms with E-state index in [2.05, 4.69) is 199 Å². The van der Waals surface area contributed by atoms with Crippen LogP contribution in [0.2, 0.25) is 0 Å². The first-order valence-electron chi connectivity index (χ1n) is 17.8. The van der Waals surface area contributed by atoms with Gasteiger partial charge in [0.1, 0.15) is 11.2 Å². The quantitative estimate of drug-likeness (QED) is 0.176. The molecule has 0 amide bonds. The van der Waals surface area contributed by atoms with Crippen LogP contribution >= 0.6 is 0 Å². The summed E-state index contributed by atoms with van der Waals surface area (Å²) in [6, 6.07) is 71.8. The van der Waals surface area contributed by atoms with Crippen molar-refractivity contribution >= 4 is 60.5 Å². The second-order valence-corrected chi connectivity index (χ2v) is 13.4. The average molecular weight is 664 g/mol. The Labute approximate surface area is 302 Å². The zero-order chi connectivity index (χ0) is 34.4. The van der Waals surface area contributed by atoms with Gasteiger partial charge in [0, 0.05) is 27.7 Å². The number of para-hydroxylation sites is 1. The molecule has 0 aliphatic carbocycles. The topological polar surface area (TPSA) is 16.4 Å². The lowest BCUT2D eigenvalue weighted by molar-refractivity contribution is 0.669. The van der Waals surface area contributed by atoms with Gasteiger partial charge in [0.2, 0.25) is 0 Å². The Morgan fingerprint density at radius 2 is 0.904 bits per heavy atom. The van der Waals surface area contributed by atoms with Crippen LogP contribution in [-0.2, 0) is 0 Å². The Bertz CT molecular complexity index is 2900. The fourth-order valence-corrected chi connectivity index (χ4v) is 7.68. The molecule has 244 valence electrons. The standard InChI is InChI=1S/C50H33NO/c1-2-11-34(12-3-1)37-25-27-43(28-26-37)51(44-18-10-17-40(33-44)41-23-21-35-13-4-6-15-38(35)31-41)46-29-30-48-50(45-19-8-9-20-47(45)52-48)49(46)42-24-22-36-14-5-7-16-39(36)32-42/h1-33H. The molecule has 0 saturated heterocycles. The molecular formula is C50H33NO. The molecule has 1 aromatic heterocycles. The second kappa shape index (κ2) is 12.5. The maximum Gasteiger partial charge on any atom is 0.136 e. The summed E-state index contributed by atoms with van der Waals surface area (Å²) in [6.45, 7) is 0. The normalized spacial score (nSPS) is 11.5. The molecule has 0 unspecified atom stereocenters.